The lowest BCUT2D eigenvalue weighted by atomic mass is 9.97. The Morgan fingerprint density at radius 3 is 2.20 bits per heavy atom. The third kappa shape index (κ3) is 7.15. The highest BCUT2D eigenvalue weighted by Crippen LogP contribution is 2.36. The number of rotatable bonds is 7. The summed E-state index contributed by atoms with van der Waals surface area (Å²) >= 11 is 5.72. The molecule has 0 atom stereocenters. The van der Waals surface area contributed by atoms with E-state index in [-0.39, 0.29) is 32.2 Å². The van der Waals surface area contributed by atoms with Crippen LogP contribution in [0.15, 0.2) is 24.3 Å². The van der Waals surface area contributed by atoms with Crippen LogP contribution in [-0.4, -0.2) is 61.6 Å². The standard InChI is InChI=1S/C17H17ClF6N2O4/c18-11-1-3-12(4-2-11)29-9-13(27)25-6-5-10-7-26(8-10)15(28)30-14(16(19,20)21)17(22,23)24/h1-4,10,14H,5-9H2,(H,25,27). The predicted molar refractivity (Wildman–Crippen MR) is 92.0 cm³/mol. The summed E-state index contributed by atoms with van der Waals surface area (Å²) in [5.74, 6) is -0.164. The summed E-state index contributed by atoms with van der Waals surface area (Å²) in [4.78, 5) is 23.9. The zero-order valence-corrected chi connectivity index (χ0v) is 16.0. The molecule has 1 aliphatic rings. The Bertz CT molecular complexity index is 721. The molecule has 1 fully saturated rings. The van der Waals surface area contributed by atoms with Crippen LogP contribution in [0, 0.1) is 5.92 Å². The van der Waals surface area contributed by atoms with Gasteiger partial charge < -0.3 is 19.7 Å². The molecule has 0 radical (unpaired) electrons. The number of alkyl halides is 6. The van der Waals surface area contributed by atoms with Gasteiger partial charge in [0.25, 0.3) is 12.0 Å². The lowest BCUT2D eigenvalue weighted by Crippen LogP contribution is -2.54. The van der Waals surface area contributed by atoms with Crippen LogP contribution < -0.4 is 10.1 Å². The van der Waals surface area contributed by atoms with Crippen molar-refractivity contribution in [3.63, 3.8) is 0 Å². The fraction of sp³-hybridized carbons (Fsp3) is 0.529. The summed E-state index contributed by atoms with van der Waals surface area (Å²) in [6.45, 7) is -0.193. The molecule has 0 aromatic heterocycles. The molecule has 30 heavy (non-hydrogen) atoms. The molecule has 2 amide bonds. The maximum Gasteiger partial charge on any atom is 0.434 e. The van der Waals surface area contributed by atoms with Crippen molar-refractivity contribution in [1.82, 2.24) is 10.2 Å². The van der Waals surface area contributed by atoms with Gasteiger partial charge in [-0.3, -0.25) is 4.79 Å². The third-order valence-electron chi connectivity index (χ3n) is 4.09. The van der Waals surface area contributed by atoms with Crippen molar-refractivity contribution in [2.75, 3.05) is 26.2 Å². The Labute approximate surface area is 172 Å². The fourth-order valence-corrected chi connectivity index (χ4v) is 2.67. The van der Waals surface area contributed by atoms with Gasteiger partial charge in [-0.2, -0.15) is 26.3 Å². The van der Waals surface area contributed by atoms with Crippen molar-refractivity contribution in [2.24, 2.45) is 5.92 Å². The molecular weight excluding hydrogens is 446 g/mol. The molecule has 1 saturated heterocycles. The van der Waals surface area contributed by atoms with E-state index in [0.29, 0.717) is 17.2 Å². The van der Waals surface area contributed by atoms with Crippen LogP contribution in [0.4, 0.5) is 31.1 Å². The number of hydrogen-bond acceptors (Lipinski definition) is 4. The molecular formula is C17H17ClF6N2O4. The molecule has 13 heteroatoms. The van der Waals surface area contributed by atoms with Gasteiger partial charge in [-0.25, -0.2) is 4.79 Å². The number of ether oxygens (including phenoxy) is 2. The smallest absolute Gasteiger partial charge is 0.434 e. The highest BCUT2D eigenvalue weighted by molar-refractivity contribution is 6.30. The van der Waals surface area contributed by atoms with Gasteiger partial charge in [0.15, 0.2) is 6.61 Å². The van der Waals surface area contributed by atoms with Gasteiger partial charge in [0.05, 0.1) is 0 Å². The average Bonchev–Trinajstić information content (AvgIpc) is 2.59. The third-order valence-corrected chi connectivity index (χ3v) is 4.34. The maximum absolute atomic E-state index is 12.4. The molecule has 1 heterocycles. The first-order valence-corrected chi connectivity index (χ1v) is 8.98. The summed E-state index contributed by atoms with van der Waals surface area (Å²) in [5, 5.41) is 3.07. The van der Waals surface area contributed by atoms with Crippen LogP contribution in [0.3, 0.4) is 0 Å². The molecule has 6 nitrogen and oxygen atoms in total. The maximum atomic E-state index is 12.4. The van der Waals surface area contributed by atoms with E-state index < -0.39 is 30.5 Å². The highest BCUT2D eigenvalue weighted by atomic mass is 35.5. The van der Waals surface area contributed by atoms with Crippen LogP contribution in [0.1, 0.15) is 6.42 Å². The van der Waals surface area contributed by atoms with Gasteiger partial charge in [-0.05, 0) is 36.6 Å². The number of benzene rings is 1. The summed E-state index contributed by atoms with van der Waals surface area (Å²) in [5.41, 5.74) is 0. The van der Waals surface area contributed by atoms with Gasteiger partial charge in [-0.15, -0.1) is 0 Å². The first kappa shape index (κ1) is 23.9. The molecule has 0 aliphatic carbocycles. The molecule has 0 spiro atoms. The van der Waals surface area contributed by atoms with Crippen LogP contribution in [0.25, 0.3) is 0 Å². The first-order valence-electron chi connectivity index (χ1n) is 8.60. The number of likely N-dealkylation sites (tertiary alicyclic amines) is 1. The minimum atomic E-state index is -5.75. The van der Waals surface area contributed by atoms with Crippen LogP contribution in [-0.2, 0) is 9.53 Å². The number of hydrogen-bond donors (Lipinski definition) is 1. The molecule has 0 bridgehead atoms. The van der Waals surface area contributed by atoms with Crippen molar-refractivity contribution in [3.8, 4) is 5.75 Å². The largest absolute Gasteiger partial charge is 0.484 e. The summed E-state index contributed by atoms with van der Waals surface area (Å²) < 4.78 is 83.2. The number of halogens is 7. The molecule has 0 unspecified atom stereocenters. The number of carbonyl (C=O) groups is 2. The van der Waals surface area contributed by atoms with Gasteiger partial charge in [0, 0.05) is 24.7 Å². The Hall–Kier alpha value is -2.37. The van der Waals surface area contributed by atoms with Gasteiger partial charge in [0.1, 0.15) is 5.75 Å². The topological polar surface area (TPSA) is 67.9 Å². The molecule has 168 valence electrons. The molecule has 0 saturated carbocycles. The van der Waals surface area contributed by atoms with Crippen LogP contribution in [0.5, 0.6) is 5.75 Å². The first-order chi connectivity index (χ1) is 13.9. The zero-order chi connectivity index (χ0) is 22.5. The Kier molecular flexibility index (Phi) is 7.67. The second kappa shape index (κ2) is 9.63. The van der Waals surface area contributed by atoms with E-state index in [0.717, 1.165) is 4.90 Å². The predicted octanol–water partition coefficient (Wildman–Crippen LogP) is 3.79. The van der Waals surface area contributed by atoms with E-state index >= 15 is 0 Å². The van der Waals surface area contributed by atoms with Crippen molar-refractivity contribution in [2.45, 2.75) is 24.9 Å². The fourth-order valence-electron chi connectivity index (χ4n) is 2.54. The van der Waals surface area contributed by atoms with Crippen molar-refractivity contribution in [3.05, 3.63) is 29.3 Å². The molecule has 1 aliphatic heterocycles. The van der Waals surface area contributed by atoms with Crippen molar-refractivity contribution in [1.29, 1.82) is 0 Å². The Balaban J connectivity index is 1.64. The van der Waals surface area contributed by atoms with Gasteiger partial charge >= 0.3 is 18.4 Å². The minimum absolute atomic E-state index is 0.0710. The Morgan fingerprint density at radius 2 is 1.67 bits per heavy atom. The second-order valence-electron chi connectivity index (χ2n) is 6.50. The zero-order valence-electron chi connectivity index (χ0n) is 15.2. The van der Waals surface area contributed by atoms with E-state index in [4.69, 9.17) is 16.3 Å². The van der Waals surface area contributed by atoms with Crippen LogP contribution >= 0.6 is 11.6 Å². The quantitative estimate of drug-likeness (QED) is 0.626. The average molecular weight is 463 g/mol. The molecule has 1 aromatic rings. The van der Waals surface area contributed by atoms with Crippen molar-refractivity contribution < 1.29 is 45.4 Å². The Morgan fingerprint density at radius 1 is 1.10 bits per heavy atom. The van der Waals surface area contributed by atoms with E-state index in [9.17, 15) is 35.9 Å². The SMILES string of the molecule is O=C(COc1ccc(Cl)cc1)NCCC1CN(C(=O)OC(C(F)(F)F)C(F)(F)F)C1. The van der Waals surface area contributed by atoms with Crippen LogP contribution in [0.2, 0.25) is 5.02 Å². The van der Waals surface area contributed by atoms with Crippen molar-refractivity contribution >= 4 is 23.6 Å². The van der Waals surface area contributed by atoms with E-state index in [1.54, 1.807) is 24.3 Å². The lowest BCUT2D eigenvalue weighted by molar-refractivity contribution is -0.309. The van der Waals surface area contributed by atoms with E-state index in [2.05, 4.69) is 10.1 Å². The number of amides is 2. The minimum Gasteiger partial charge on any atom is -0.484 e. The monoisotopic (exact) mass is 462 g/mol. The normalized spacial score (nSPS) is 15.0. The lowest BCUT2D eigenvalue weighted by Gasteiger charge is -2.39. The highest BCUT2D eigenvalue weighted by Gasteiger charge is 2.60. The number of nitrogens with zero attached hydrogens (tertiary/aromatic N) is 1. The van der Waals surface area contributed by atoms with E-state index in [1.807, 2.05) is 0 Å². The number of carbonyl (C=O) groups excluding carboxylic acids is 2. The number of nitrogens with one attached hydrogen (secondary N) is 1. The summed E-state index contributed by atoms with van der Waals surface area (Å²) in [7, 11) is 0. The molecule has 1 aromatic carbocycles. The summed E-state index contributed by atoms with van der Waals surface area (Å²) in [6.07, 6.45) is -17.0. The molecule has 1 N–H and O–H groups in total. The second-order valence-corrected chi connectivity index (χ2v) is 6.94. The molecule has 2 rings (SSSR count). The summed E-state index contributed by atoms with van der Waals surface area (Å²) in [6, 6.07) is 6.35. The van der Waals surface area contributed by atoms with Gasteiger partial charge in [0.2, 0.25) is 0 Å². The van der Waals surface area contributed by atoms with E-state index in [1.165, 1.54) is 0 Å². The van der Waals surface area contributed by atoms with Gasteiger partial charge in [-0.1, -0.05) is 11.6 Å².